The fourth-order valence-corrected chi connectivity index (χ4v) is 3.76. The van der Waals surface area contributed by atoms with E-state index in [2.05, 4.69) is 19.2 Å². The second kappa shape index (κ2) is 6.71. The minimum Gasteiger partial charge on any atom is -0.312 e. The Morgan fingerprint density at radius 3 is 2.55 bits per heavy atom. The zero-order valence-corrected chi connectivity index (χ0v) is 13.1. The molecule has 0 unspecified atom stereocenters. The molecule has 2 heteroatoms. The lowest BCUT2D eigenvalue weighted by atomic mass is 9.78. The van der Waals surface area contributed by atoms with Gasteiger partial charge in [-0.05, 0) is 60.8 Å². The average molecular weight is 277 g/mol. The lowest BCUT2D eigenvalue weighted by molar-refractivity contribution is 0.223. The van der Waals surface area contributed by atoms with E-state index in [1.807, 2.05) is 13.0 Å². The molecule has 1 aliphatic rings. The van der Waals surface area contributed by atoms with Gasteiger partial charge in [0.1, 0.15) is 5.82 Å². The summed E-state index contributed by atoms with van der Waals surface area (Å²) in [6.45, 7) is 8.59. The summed E-state index contributed by atoms with van der Waals surface area (Å²) >= 11 is 0. The predicted octanol–water partition coefficient (Wildman–Crippen LogP) is 4.83. The van der Waals surface area contributed by atoms with Gasteiger partial charge in [0, 0.05) is 13.1 Å². The van der Waals surface area contributed by atoms with Crippen molar-refractivity contribution in [3.05, 3.63) is 35.1 Å². The highest BCUT2D eigenvalue weighted by Gasteiger charge is 2.33. The summed E-state index contributed by atoms with van der Waals surface area (Å²) < 4.78 is 13.1. The van der Waals surface area contributed by atoms with Crippen LogP contribution in [0.3, 0.4) is 0 Å². The summed E-state index contributed by atoms with van der Waals surface area (Å²) in [5, 5.41) is 3.63. The van der Waals surface area contributed by atoms with Crippen molar-refractivity contribution < 1.29 is 4.39 Å². The van der Waals surface area contributed by atoms with Crippen LogP contribution in [-0.2, 0) is 6.54 Å². The monoisotopic (exact) mass is 277 g/mol. The minimum absolute atomic E-state index is 0.140. The zero-order valence-electron chi connectivity index (χ0n) is 13.1. The van der Waals surface area contributed by atoms with E-state index in [0.29, 0.717) is 5.41 Å². The first-order valence-corrected chi connectivity index (χ1v) is 7.96. The van der Waals surface area contributed by atoms with Gasteiger partial charge in [-0.25, -0.2) is 4.39 Å². The van der Waals surface area contributed by atoms with Crippen molar-refractivity contribution in [3.8, 4) is 0 Å². The third kappa shape index (κ3) is 4.05. The van der Waals surface area contributed by atoms with Gasteiger partial charge in [0.25, 0.3) is 0 Å². The first-order chi connectivity index (χ1) is 9.51. The quantitative estimate of drug-likeness (QED) is 0.785. The molecule has 0 aromatic heterocycles. The summed E-state index contributed by atoms with van der Waals surface area (Å²) in [6, 6.07) is 5.08. The lowest BCUT2D eigenvalue weighted by Crippen LogP contribution is -2.33. The van der Waals surface area contributed by atoms with E-state index < -0.39 is 0 Å². The van der Waals surface area contributed by atoms with Crippen molar-refractivity contribution in [1.82, 2.24) is 5.32 Å². The highest BCUT2D eigenvalue weighted by molar-refractivity contribution is 5.26. The zero-order chi connectivity index (χ0) is 14.6. The van der Waals surface area contributed by atoms with Crippen molar-refractivity contribution in [2.24, 2.45) is 11.3 Å². The standard InChI is InChI=1S/C18H28FN/c1-14(2)11-18(8-4-5-9-18)13-20-12-16-6-7-17(19)10-15(16)3/h6-7,10,14,20H,4-5,8-9,11-13H2,1-3H3. The molecule has 112 valence electrons. The molecule has 1 aromatic rings. The van der Waals surface area contributed by atoms with Crippen LogP contribution in [0.25, 0.3) is 0 Å². The lowest BCUT2D eigenvalue weighted by Gasteiger charge is -2.31. The second-order valence-corrected chi connectivity index (χ2v) is 6.98. The highest BCUT2D eigenvalue weighted by atomic mass is 19.1. The maximum absolute atomic E-state index is 13.1. The van der Waals surface area contributed by atoms with Gasteiger partial charge in [-0.15, -0.1) is 0 Å². The van der Waals surface area contributed by atoms with E-state index in [4.69, 9.17) is 0 Å². The fourth-order valence-electron chi connectivity index (χ4n) is 3.76. The number of halogens is 1. The van der Waals surface area contributed by atoms with Gasteiger partial charge >= 0.3 is 0 Å². The van der Waals surface area contributed by atoms with Gasteiger partial charge in [-0.3, -0.25) is 0 Å². The molecular weight excluding hydrogens is 249 g/mol. The van der Waals surface area contributed by atoms with Crippen LogP contribution in [0.4, 0.5) is 4.39 Å². The molecule has 1 aromatic carbocycles. The Kier molecular flexibility index (Phi) is 5.20. The predicted molar refractivity (Wildman–Crippen MR) is 83.2 cm³/mol. The van der Waals surface area contributed by atoms with Crippen LogP contribution >= 0.6 is 0 Å². The molecule has 0 heterocycles. The third-order valence-corrected chi connectivity index (χ3v) is 4.63. The molecule has 1 saturated carbocycles. The summed E-state index contributed by atoms with van der Waals surface area (Å²) in [5.41, 5.74) is 2.76. The SMILES string of the molecule is Cc1cc(F)ccc1CNCC1(CC(C)C)CCCC1. The molecule has 1 N–H and O–H groups in total. The van der Waals surface area contributed by atoms with Crippen LogP contribution in [0.5, 0.6) is 0 Å². The Bertz CT molecular complexity index is 433. The van der Waals surface area contributed by atoms with Crippen LogP contribution in [0.15, 0.2) is 18.2 Å². The number of aryl methyl sites for hydroxylation is 1. The van der Waals surface area contributed by atoms with E-state index in [-0.39, 0.29) is 5.82 Å². The van der Waals surface area contributed by atoms with Crippen molar-refractivity contribution in [2.45, 2.75) is 59.4 Å². The first kappa shape index (κ1) is 15.5. The van der Waals surface area contributed by atoms with Gasteiger partial charge in [0.15, 0.2) is 0 Å². The molecule has 0 amide bonds. The molecule has 1 aliphatic carbocycles. The average Bonchev–Trinajstić information content (AvgIpc) is 2.80. The number of hydrogen-bond donors (Lipinski definition) is 1. The molecule has 0 spiro atoms. The van der Waals surface area contributed by atoms with Gasteiger partial charge < -0.3 is 5.32 Å². The molecule has 20 heavy (non-hydrogen) atoms. The van der Waals surface area contributed by atoms with E-state index >= 15 is 0 Å². The van der Waals surface area contributed by atoms with Crippen molar-refractivity contribution in [3.63, 3.8) is 0 Å². The first-order valence-electron chi connectivity index (χ1n) is 7.96. The molecule has 0 aliphatic heterocycles. The molecule has 1 nitrogen and oxygen atoms in total. The Hall–Kier alpha value is -0.890. The van der Waals surface area contributed by atoms with Gasteiger partial charge in [0.2, 0.25) is 0 Å². The van der Waals surface area contributed by atoms with Gasteiger partial charge in [-0.1, -0.05) is 32.8 Å². The molecule has 1 fully saturated rings. The summed E-state index contributed by atoms with van der Waals surface area (Å²) in [5.74, 6) is 0.626. The fraction of sp³-hybridized carbons (Fsp3) is 0.667. The maximum Gasteiger partial charge on any atom is 0.123 e. The minimum atomic E-state index is -0.140. The van der Waals surface area contributed by atoms with E-state index in [0.717, 1.165) is 24.6 Å². The van der Waals surface area contributed by atoms with E-state index in [1.54, 1.807) is 12.1 Å². The van der Waals surface area contributed by atoms with Crippen molar-refractivity contribution in [2.75, 3.05) is 6.54 Å². The van der Waals surface area contributed by atoms with Gasteiger partial charge in [0.05, 0.1) is 0 Å². The number of rotatable bonds is 6. The molecule has 2 rings (SSSR count). The third-order valence-electron chi connectivity index (χ3n) is 4.63. The Labute approximate surface area is 123 Å². The maximum atomic E-state index is 13.1. The van der Waals surface area contributed by atoms with Gasteiger partial charge in [-0.2, -0.15) is 0 Å². The highest BCUT2D eigenvalue weighted by Crippen LogP contribution is 2.42. The number of nitrogens with one attached hydrogen (secondary N) is 1. The van der Waals surface area contributed by atoms with Crippen LogP contribution in [0.1, 0.15) is 57.1 Å². The Morgan fingerprint density at radius 1 is 1.25 bits per heavy atom. The van der Waals surface area contributed by atoms with E-state index in [9.17, 15) is 4.39 Å². The molecule has 0 radical (unpaired) electrons. The second-order valence-electron chi connectivity index (χ2n) is 6.98. The van der Waals surface area contributed by atoms with Crippen LogP contribution < -0.4 is 5.32 Å². The Balaban J connectivity index is 1.90. The van der Waals surface area contributed by atoms with Crippen molar-refractivity contribution in [1.29, 1.82) is 0 Å². The van der Waals surface area contributed by atoms with Crippen LogP contribution in [0, 0.1) is 24.1 Å². The normalized spacial score (nSPS) is 17.9. The summed E-state index contributed by atoms with van der Waals surface area (Å²) in [7, 11) is 0. The summed E-state index contributed by atoms with van der Waals surface area (Å²) in [6.07, 6.45) is 6.80. The smallest absolute Gasteiger partial charge is 0.123 e. The van der Waals surface area contributed by atoms with E-state index in [1.165, 1.54) is 37.7 Å². The molecular formula is C18H28FN. The topological polar surface area (TPSA) is 12.0 Å². The molecule has 0 bridgehead atoms. The molecule has 0 saturated heterocycles. The van der Waals surface area contributed by atoms with Crippen LogP contribution in [0.2, 0.25) is 0 Å². The number of hydrogen-bond acceptors (Lipinski definition) is 1. The number of benzene rings is 1. The van der Waals surface area contributed by atoms with Crippen LogP contribution in [-0.4, -0.2) is 6.54 Å². The largest absolute Gasteiger partial charge is 0.312 e. The summed E-state index contributed by atoms with van der Waals surface area (Å²) in [4.78, 5) is 0. The molecule has 0 atom stereocenters. The van der Waals surface area contributed by atoms with Crippen molar-refractivity contribution >= 4 is 0 Å². The Morgan fingerprint density at radius 2 is 1.95 bits per heavy atom.